The summed E-state index contributed by atoms with van der Waals surface area (Å²) in [6, 6.07) is 1.59. The fourth-order valence-electron chi connectivity index (χ4n) is 1.24. The molecule has 0 fully saturated rings. The van der Waals surface area contributed by atoms with Crippen molar-refractivity contribution in [3.05, 3.63) is 29.6 Å². The normalized spacial score (nSPS) is 10.4. The number of carbonyl (C=O) groups is 1. The Balaban J connectivity index is 2.40. The Morgan fingerprint density at radius 2 is 2.38 bits per heavy atom. The van der Waals surface area contributed by atoms with Gasteiger partial charge in [0, 0.05) is 0 Å². The highest BCUT2D eigenvalue weighted by Crippen LogP contribution is 2.31. The summed E-state index contributed by atoms with van der Waals surface area (Å²) in [5.41, 5.74) is 0.562. The highest BCUT2D eigenvalue weighted by atomic mass is 35.5. The van der Waals surface area contributed by atoms with Gasteiger partial charge in [-0.15, -0.1) is 0 Å². The van der Waals surface area contributed by atoms with Gasteiger partial charge in [-0.25, -0.2) is 9.78 Å². The molecule has 0 aliphatic heterocycles. The molecule has 0 bridgehead atoms. The lowest BCUT2D eigenvalue weighted by Gasteiger charge is -1.99. The van der Waals surface area contributed by atoms with Crippen LogP contribution >= 0.6 is 11.6 Å². The number of esters is 1. The summed E-state index contributed by atoms with van der Waals surface area (Å²) in [4.78, 5) is 15.3. The first-order valence-corrected chi connectivity index (χ1v) is 4.95. The molecule has 0 atom stereocenters. The third-order valence-electron chi connectivity index (χ3n) is 1.90. The van der Waals surface area contributed by atoms with Crippen LogP contribution in [-0.4, -0.2) is 17.6 Å². The highest BCUT2D eigenvalue weighted by molar-refractivity contribution is 6.31. The molecule has 84 valence electrons. The van der Waals surface area contributed by atoms with E-state index in [1.165, 1.54) is 6.26 Å². The summed E-state index contributed by atoms with van der Waals surface area (Å²) in [7, 11) is 0. The van der Waals surface area contributed by atoms with Gasteiger partial charge in [0.25, 0.3) is 0 Å². The van der Waals surface area contributed by atoms with Crippen molar-refractivity contribution < 1.29 is 18.4 Å². The summed E-state index contributed by atoms with van der Waals surface area (Å²) < 4.78 is 14.8. The number of carbonyl (C=O) groups excluding carboxylic acids is 1. The zero-order valence-corrected chi connectivity index (χ0v) is 9.15. The van der Waals surface area contributed by atoms with Crippen molar-refractivity contribution >= 4 is 17.6 Å². The maximum atomic E-state index is 11.5. The Kier molecular flexibility index (Phi) is 2.96. The van der Waals surface area contributed by atoms with Crippen LogP contribution in [0.3, 0.4) is 0 Å². The third kappa shape index (κ3) is 1.81. The van der Waals surface area contributed by atoms with E-state index in [2.05, 4.69) is 4.98 Å². The van der Waals surface area contributed by atoms with Crippen LogP contribution in [-0.2, 0) is 4.74 Å². The fraction of sp³-hybridized carbons (Fsp3) is 0.200. The van der Waals surface area contributed by atoms with Crippen LogP contribution in [0.1, 0.15) is 17.4 Å². The standard InChI is InChI=1S/C10H8ClNO4/c1-2-14-10(13)7-8(16-5-12-7)6-3-4-15-9(6)11/h3-5H,2H2,1H3. The maximum Gasteiger partial charge on any atom is 0.360 e. The maximum absolute atomic E-state index is 11.5. The lowest BCUT2D eigenvalue weighted by atomic mass is 10.2. The average Bonchev–Trinajstić information content (AvgIpc) is 2.85. The molecule has 2 aromatic rings. The molecule has 0 spiro atoms. The molecule has 0 aliphatic rings. The van der Waals surface area contributed by atoms with E-state index < -0.39 is 5.97 Å². The average molecular weight is 242 g/mol. The Bertz CT molecular complexity index is 502. The summed E-state index contributed by atoms with van der Waals surface area (Å²) >= 11 is 5.78. The second kappa shape index (κ2) is 4.40. The molecule has 0 radical (unpaired) electrons. The molecular formula is C10H8ClNO4. The second-order valence-corrected chi connectivity index (χ2v) is 3.20. The van der Waals surface area contributed by atoms with Crippen LogP contribution in [0.25, 0.3) is 11.3 Å². The van der Waals surface area contributed by atoms with Crippen LogP contribution in [0.15, 0.2) is 27.6 Å². The zero-order chi connectivity index (χ0) is 11.5. The fourth-order valence-corrected chi connectivity index (χ4v) is 1.44. The predicted molar refractivity (Wildman–Crippen MR) is 55.2 cm³/mol. The molecule has 2 aromatic heterocycles. The van der Waals surface area contributed by atoms with Crippen LogP contribution in [0.5, 0.6) is 0 Å². The topological polar surface area (TPSA) is 65.5 Å². The number of hydrogen-bond acceptors (Lipinski definition) is 5. The molecule has 5 nitrogen and oxygen atoms in total. The number of rotatable bonds is 3. The number of oxazole rings is 1. The third-order valence-corrected chi connectivity index (χ3v) is 2.19. The molecule has 0 amide bonds. The SMILES string of the molecule is CCOC(=O)c1ncoc1-c1ccoc1Cl. The van der Waals surface area contributed by atoms with Gasteiger partial charge in [0.05, 0.1) is 18.4 Å². The molecule has 0 aliphatic carbocycles. The molecule has 2 heterocycles. The van der Waals surface area contributed by atoms with E-state index in [0.717, 1.165) is 6.39 Å². The number of ether oxygens (including phenoxy) is 1. The molecule has 0 aromatic carbocycles. The van der Waals surface area contributed by atoms with Gasteiger partial charge >= 0.3 is 5.97 Å². The molecule has 0 saturated carbocycles. The first kappa shape index (κ1) is 10.8. The summed E-state index contributed by atoms with van der Waals surface area (Å²) in [5, 5.41) is 0.141. The van der Waals surface area contributed by atoms with E-state index in [4.69, 9.17) is 25.2 Å². The number of furan rings is 1. The smallest absolute Gasteiger partial charge is 0.360 e. The number of halogens is 1. The van der Waals surface area contributed by atoms with Crippen molar-refractivity contribution in [1.29, 1.82) is 0 Å². The van der Waals surface area contributed by atoms with E-state index >= 15 is 0 Å². The molecule has 0 saturated heterocycles. The van der Waals surface area contributed by atoms with Crippen molar-refractivity contribution in [2.24, 2.45) is 0 Å². The molecule has 2 rings (SSSR count). The molecule has 0 N–H and O–H groups in total. The van der Waals surface area contributed by atoms with E-state index in [-0.39, 0.29) is 23.3 Å². The Morgan fingerprint density at radius 1 is 1.56 bits per heavy atom. The molecule has 16 heavy (non-hydrogen) atoms. The second-order valence-electron chi connectivity index (χ2n) is 2.86. The van der Waals surface area contributed by atoms with Gasteiger partial charge in [0.1, 0.15) is 0 Å². The summed E-state index contributed by atoms with van der Waals surface area (Å²) in [6.07, 6.45) is 2.56. The van der Waals surface area contributed by atoms with E-state index in [1.807, 2.05) is 0 Å². The molecule has 6 heteroatoms. The number of nitrogens with zero attached hydrogens (tertiary/aromatic N) is 1. The minimum Gasteiger partial charge on any atom is -0.461 e. The monoisotopic (exact) mass is 241 g/mol. The Hall–Kier alpha value is -1.75. The molecular weight excluding hydrogens is 234 g/mol. The van der Waals surface area contributed by atoms with Crippen LogP contribution < -0.4 is 0 Å². The van der Waals surface area contributed by atoms with Crippen molar-refractivity contribution in [2.75, 3.05) is 6.61 Å². The van der Waals surface area contributed by atoms with E-state index in [9.17, 15) is 4.79 Å². The quantitative estimate of drug-likeness (QED) is 0.773. The minimum absolute atomic E-state index is 0.0881. The highest BCUT2D eigenvalue weighted by Gasteiger charge is 2.22. The van der Waals surface area contributed by atoms with E-state index in [1.54, 1.807) is 13.0 Å². The van der Waals surface area contributed by atoms with Gasteiger partial charge in [0.2, 0.25) is 5.22 Å². The van der Waals surface area contributed by atoms with Crippen LogP contribution in [0.2, 0.25) is 5.22 Å². The van der Waals surface area contributed by atoms with Crippen molar-refractivity contribution in [2.45, 2.75) is 6.92 Å². The van der Waals surface area contributed by atoms with Crippen molar-refractivity contribution in [1.82, 2.24) is 4.98 Å². The number of aromatic nitrogens is 1. The van der Waals surface area contributed by atoms with Gasteiger partial charge in [0.15, 0.2) is 17.8 Å². The van der Waals surface area contributed by atoms with Crippen molar-refractivity contribution in [3.8, 4) is 11.3 Å². The summed E-state index contributed by atoms with van der Waals surface area (Å²) in [5.74, 6) is -0.305. The Labute approximate surface area is 96.0 Å². The van der Waals surface area contributed by atoms with Gasteiger partial charge in [-0.2, -0.15) is 0 Å². The van der Waals surface area contributed by atoms with Crippen LogP contribution in [0.4, 0.5) is 0 Å². The number of hydrogen-bond donors (Lipinski definition) is 0. The lowest BCUT2D eigenvalue weighted by molar-refractivity contribution is 0.0520. The Morgan fingerprint density at radius 3 is 3.00 bits per heavy atom. The first-order chi connectivity index (χ1) is 7.74. The lowest BCUT2D eigenvalue weighted by Crippen LogP contribution is -2.06. The predicted octanol–water partition coefficient (Wildman–Crippen LogP) is 2.76. The van der Waals surface area contributed by atoms with Crippen LogP contribution in [0, 0.1) is 0 Å². The van der Waals surface area contributed by atoms with E-state index in [0.29, 0.717) is 5.56 Å². The zero-order valence-electron chi connectivity index (χ0n) is 8.40. The van der Waals surface area contributed by atoms with Crippen molar-refractivity contribution in [3.63, 3.8) is 0 Å². The minimum atomic E-state index is -0.552. The summed E-state index contributed by atoms with van der Waals surface area (Å²) in [6.45, 7) is 1.98. The largest absolute Gasteiger partial charge is 0.461 e. The van der Waals surface area contributed by atoms with Gasteiger partial charge in [-0.1, -0.05) is 0 Å². The van der Waals surface area contributed by atoms with Gasteiger partial charge in [-0.3, -0.25) is 0 Å². The van der Waals surface area contributed by atoms with Gasteiger partial charge < -0.3 is 13.6 Å². The first-order valence-electron chi connectivity index (χ1n) is 4.58. The molecule has 0 unspecified atom stereocenters. The van der Waals surface area contributed by atoms with Gasteiger partial charge in [-0.05, 0) is 24.6 Å².